The van der Waals surface area contributed by atoms with Crippen molar-refractivity contribution in [2.45, 2.75) is 19.3 Å². The molecule has 168 valence electrons. The molecule has 0 saturated carbocycles. The number of ether oxygens (including phenoxy) is 2. The first-order chi connectivity index (χ1) is 15.6. The van der Waals surface area contributed by atoms with E-state index in [9.17, 15) is 9.18 Å². The Kier molecular flexibility index (Phi) is 6.84. The van der Waals surface area contributed by atoms with Gasteiger partial charge in [-0.25, -0.2) is 4.39 Å². The lowest BCUT2D eigenvalue weighted by molar-refractivity contribution is -0.120. The van der Waals surface area contributed by atoms with Crippen molar-refractivity contribution in [2.24, 2.45) is 5.92 Å². The van der Waals surface area contributed by atoms with E-state index in [0.717, 1.165) is 10.6 Å². The maximum Gasteiger partial charge on any atom is 0.229 e. The molecule has 0 aliphatic carbocycles. The van der Waals surface area contributed by atoms with Crippen LogP contribution in [0, 0.1) is 11.7 Å². The van der Waals surface area contributed by atoms with Crippen LogP contribution in [0.25, 0.3) is 0 Å². The Labute approximate surface area is 190 Å². The fraction of sp³-hybridized carbons (Fsp3) is 0.348. The van der Waals surface area contributed by atoms with Gasteiger partial charge < -0.3 is 19.7 Å². The Morgan fingerprint density at radius 1 is 1.12 bits per heavy atom. The van der Waals surface area contributed by atoms with E-state index in [-0.39, 0.29) is 17.6 Å². The average molecular weight is 457 g/mol. The molecule has 1 amide bonds. The molecule has 2 heterocycles. The van der Waals surface area contributed by atoms with Crippen LogP contribution < -0.4 is 19.7 Å². The smallest absolute Gasteiger partial charge is 0.229 e. The number of hydrogen-bond acceptors (Lipinski definition) is 7. The normalized spacial score (nSPS) is 14.3. The van der Waals surface area contributed by atoms with E-state index in [1.165, 1.54) is 17.4 Å². The summed E-state index contributed by atoms with van der Waals surface area (Å²) in [6.07, 6.45) is 1.91. The minimum absolute atomic E-state index is 0.0630. The van der Waals surface area contributed by atoms with Crippen LogP contribution >= 0.6 is 11.3 Å². The number of rotatable bonds is 7. The Morgan fingerprint density at radius 3 is 2.59 bits per heavy atom. The number of carbonyl (C=O) groups is 1. The minimum atomic E-state index is -0.230. The van der Waals surface area contributed by atoms with Gasteiger partial charge in [0.15, 0.2) is 11.5 Å². The van der Waals surface area contributed by atoms with Crippen molar-refractivity contribution in [1.29, 1.82) is 0 Å². The zero-order chi connectivity index (χ0) is 22.5. The maximum atomic E-state index is 14.0. The molecule has 9 heteroatoms. The number of carbonyl (C=O) groups excluding carboxylic acids is 1. The summed E-state index contributed by atoms with van der Waals surface area (Å²) in [7, 11) is 3.20. The molecule has 0 radical (unpaired) electrons. The number of para-hydroxylation sites is 1. The summed E-state index contributed by atoms with van der Waals surface area (Å²) in [5, 5.41) is 12.5. The van der Waals surface area contributed by atoms with Crippen LogP contribution in [0.2, 0.25) is 0 Å². The lowest BCUT2D eigenvalue weighted by Crippen LogP contribution is -2.38. The van der Waals surface area contributed by atoms with Gasteiger partial charge >= 0.3 is 0 Å². The number of anilines is 2. The predicted molar refractivity (Wildman–Crippen MR) is 122 cm³/mol. The maximum absolute atomic E-state index is 14.0. The van der Waals surface area contributed by atoms with Gasteiger partial charge in [0.1, 0.15) is 10.8 Å². The molecular weight excluding hydrogens is 431 g/mol. The predicted octanol–water partition coefficient (Wildman–Crippen LogP) is 4.14. The number of methoxy groups -OCH3 is 2. The number of hydrogen-bond donors (Lipinski definition) is 1. The molecule has 3 aromatic rings. The third-order valence-corrected chi connectivity index (χ3v) is 6.40. The first-order valence-corrected chi connectivity index (χ1v) is 11.2. The summed E-state index contributed by atoms with van der Waals surface area (Å²) >= 11 is 1.36. The zero-order valence-corrected chi connectivity index (χ0v) is 18.8. The van der Waals surface area contributed by atoms with Crippen LogP contribution in [0.3, 0.4) is 0 Å². The molecule has 0 unspecified atom stereocenters. The van der Waals surface area contributed by atoms with Crippen molar-refractivity contribution in [3.63, 3.8) is 0 Å². The summed E-state index contributed by atoms with van der Waals surface area (Å²) in [6.45, 7) is 1.28. The highest BCUT2D eigenvalue weighted by molar-refractivity contribution is 7.15. The number of nitrogens with zero attached hydrogens (tertiary/aromatic N) is 3. The van der Waals surface area contributed by atoms with Crippen molar-refractivity contribution in [1.82, 2.24) is 10.2 Å². The quantitative estimate of drug-likeness (QED) is 0.576. The van der Waals surface area contributed by atoms with Gasteiger partial charge in [0.05, 0.1) is 19.9 Å². The van der Waals surface area contributed by atoms with Gasteiger partial charge in [0.2, 0.25) is 11.0 Å². The molecule has 1 N–H and O–H groups in total. The van der Waals surface area contributed by atoms with Crippen molar-refractivity contribution < 1.29 is 18.7 Å². The van der Waals surface area contributed by atoms with Crippen molar-refractivity contribution >= 4 is 28.1 Å². The van der Waals surface area contributed by atoms with Crippen LogP contribution in [0.1, 0.15) is 23.4 Å². The molecule has 1 aromatic heterocycles. The second-order valence-electron chi connectivity index (χ2n) is 7.57. The standard InChI is InChI=1S/C23H25FN4O3S/c1-30-19-8-7-15(13-20(19)31-2)14-21-26-27-23(32-21)25-22(29)16-9-11-28(12-10-16)18-6-4-3-5-17(18)24/h3-8,13,16H,9-12,14H2,1-2H3,(H,25,27,29). The zero-order valence-electron chi connectivity index (χ0n) is 18.0. The molecular formula is C23H25FN4O3S. The molecule has 4 rings (SSSR count). The van der Waals surface area contributed by atoms with E-state index < -0.39 is 0 Å². The molecule has 0 atom stereocenters. The van der Waals surface area contributed by atoms with E-state index >= 15 is 0 Å². The van der Waals surface area contributed by atoms with Gasteiger partial charge in [0.25, 0.3) is 0 Å². The van der Waals surface area contributed by atoms with Crippen molar-refractivity contribution in [3.8, 4) is 11.5 Å². The molecule has 1 fully saturated rings. The van der Waals surface area contributed by atoms with E-state index in [1.807, 2.05) is 29.2 Å². The molecule has 2 aromatic carbocycles. The Bertz CT molecular complexity index is 1080. The van der Waals surface area contributed by atoms with Crippen LogP contribution in [0.15, 0.2) is 42.5 Å². The van der Waals surface area contributed by atoms with E-state index in [4.69, 9.17) is 9.47 Å². The van der Waals surface area contributed by atoms with E-state index in [0.29, 0.717) is 54.7 Å². The lowest BCUT2D eigenvalue weighted by atomic mass is 9.95. The van der Waals surface area contributed by atoms with Crippen molar-refractivity contribution in [3.05, 3.63) is 58.9 Å². The fourth-order valence-electron chi connectivity index (χ4n) is 3.84. The third-order valence-electron chi connectivity index (χ3n) is 5.56. The van der Waals surface area contributed by atoms with Crippen LogP contribution in [-0.4, -0.2) is 43.4 Å². The summed E-state index contributed by atoms with van der Waals surface area (Å²) in [6, 6.07) is 12.4. The number of nitrogens with one attached hydrogen (secondary N) is 1. The highest BCUT2D eigenvalue weighted by Crippen LogP contribution is 2.30. The Hall–Kier alpha value is -3.20. The Balaban J connectivity index is 1.32. The summed E-state index contributed by atoms with van der Waals surface area (Å²) in [5.74, 6) is 0.904. The monoisotopic (exact) mass is 456 g/mol. The van der Waals surface area contributed by atoms with Gasteiger partial charge in [-0.05, 0) is 42.7 Å². The lowest BCUT2D eigenvalue weighted by Gasteiger charge is -2.33. The molecule has 0 spiro atoms. The number of amides is 1. The highest BCUT2D eigenvalue weighted by atomic mass is 32.1. The highest BCUT2D eigenvalue weighted by Gasteiger charge is 2.27. The first kappa shape index (κ1) is 22.0. The SMILES string of the molecule is COc1ccc(Cc2nnc(NC(=O)C3CCN(c4ccccc4F)CC3)s2)cc1OC. The fourth-order valence-corrected chi connectivity index (χ4v) is 4.62. The molecule has 1 aliphatic rings. The van der Waals surface area contributed by atoms with Gasteiger partial charge in [-0.15, -0.1) is 10.2 Å². The average Bonchev–Trinajstić information content (AvgIpc) is 3.26. The van der Waals surface area contributed by atoms with Gasteiger partial charge in [-0.2, -0.15) is 0 Å². The summed E-state index contributed by atoms with van der Waals surface area (Å²) in [5.41, 5.74) is 1.60. The topological polar surface area (TPSA) is 76.6 Å². The van der Waals surface area contributed by atoms with Gasteiger partial charge in [0, 0.05) is 25.4 Å². The molecule has 7 nitrogen and oxygen atoms in total. The van der Waals surface area contributed by atoms with Gasteiger partial charge in [-0.1, -0.05) is 29.5 Å². The largest absolute Gasteiger partial charge is 0.493 e. The second kappa shape index (κ2) is 9.95. The first-order valence-electron chi connectivity index (χ1n) is 10.4. The molecule has 32 heavy (non-hydrogen) atoms. The second-order valence-corrected chi connectivity index (χ2v) is 8.63. The molecule has 0 bridgehead atoms. The number of benzene rings is 2. The minimum Gasteiger partial charge on any atom is -0.493 e. The van der Waals surface area contributed by atoms with E-state index in [1.54, 1.807) is 26.4 Å². The number of halogens is 1. The number of piperidine rings is 1. The van der Waals surface area contributed by atoms with Crippen LogP contribution in [0.4, 0.5) is 15.2 Å². The van der Waals surface area contributed by atoms with Crippen molar-refractivity contribution in [2.75, 3.05) is 37.5 Å². The molecule has 1 aliphatic heterocycles. The van der Waals surface area contributed by atoms with Crippen LogP contribution in [-0.2, 0) is 11.2 Å². The third kappa shape index (κ3) is 4.99. The van der Waals surface area contributed by atoms with E-state index in [2.05, 4.69) is 15.5 Å². The molecule has 1 saturated heterocycles. The summed E-state index contributed by atoms with van der Waals surface area (Å²) in [4.78, 5) is 14.7. The van der Waals surface area contributed by atoms with Gasteiger partial charge in [-0.3, -0.25) is 4.79 Å². The van der Waals surface area contributed by atoms with Crippen LogP contribution in [0.5, 0.6) is 11.5 Å². The number of aromatic nitrogens is 2. The summed E-state index contributed by atoms with van der Waals surface area (Å²) < 4.78 is 24.6. The Morgan fingerprint density at radius 2 is 1.88 bits per heavy atom.